The van der Waals surface area contributed by atoms with Crippen LogP contribution < -0.4 is 34.7 Å². The number of rotatable bonds is 3. The number of aliphatic hydroxyl groups excluding tert-OH is 1. The fourth-order valence-electron chi connectivity index (χ4n) is 1.21. The quantitative estimate of drug-likeness (QED) is 0.360. The number of carboxylic acid groups (broad SMARTS) is 1. The molecule has 0 radical (unpaired) electrons. The zero-order valence-corrected chi connectivity index (χ0v) is 9.69. The number of likely N-dealkylation sites (tertiary alicyclic amines) is 1. The SMILES string of the molecule is CC(O)C(C(=O)[O-])N1CCC1=O.[Na+]. The maximum absolute atomic E-state index is 10.8. The zero-order valence-electron chi connectivity index (χ0n) is 7.69. The van der Waals surface area contributed by atoms with Crippen LogP contribution in [0.15, 0.2) is 0 Å². The van der Waals surface area contributed by atoms with Gasteiger partial charge in [0.2, 0.25) is 5.91 Å². The van der Waals surface area contributed by atoms with Gasteiger partial charge in [-0.25, -0.2) is 0 Å². The molecule has 1 N–H and O–H groups in total. The van der Waals surface area contributed by atoms with Crippen LogP contribution in [0.3, 0.4) is 0 Å². The van der Waals surface area contributed by atoms with Crippen molar-refractivity contribution >= 4 is 11.9 Å². The van der Waals surface area contributed by atoms with E-state index in [9.17, 15) is 14.7 Å². The van der Waals surface area contributed by atoms with E-state index in [2.05, 4.69) is 0 Å². The van der Waals surface area contributed by atoms with Crippen molar-refractivity contribution in [2.75, 3.05) is 6.54 Å². The van der Waals surface area contributed by atoms with Crippen molar-refractivity contribution in [3.63, 3.8) is 0 Å². The average molecular weight is 195 g/mol. The number of carboxylic acids is 1. The number of carbonyl (C=O) groups is 2. The number of nitrogens with zero attached hydrogens (tertiary/aromatic N) is 1. The van der Waals surface area contributed by atoms with Crippen LogP contribution >= 0.6 is 0 Å². The number of hydrogen-bond acceptors (Lipinski definition) is 4. The molecular weight excluding hydrogens is 185 g/mol. The largest absolute Gasteiger partial charge is 1.00 e. The third kappa shape index (κ3) is 2.67. The van der Waals surface area contributed by atoms with E-state index in [1.54, 1.807) is 0 Å². The monoisotopic (exact) mass is 195 g/mol. The van der Waals surface area contributed by atoms with Gasteiger partial charge in [0, 0.05) is 13.0 Å². The number of hydrogen-bond donors (Lipinski definition) is 1. The average Bonchev–Trinajstić information content (AvgIpc) is 1.95. The van der Waals surface area contributed by atoms with Gasteiger partial charge in [0.05, 0.1) is 18.1 Å². The van der Waals surface area contributed by atoms with E-state index in [1.807, 2.05) is 0 Å². The fourth-order valence-corrected chi connectivity index (χ4v) is 1.21. The van der Waals surface area contributed by atoms with E-state index >= 15 is 0 Å². The molecule has 68 valence electrons. The summed E-state index contributed by atoms with van der Waals surface area (Å²) in [6, 6.07) is -1.19. The van der Waals surface area contributed by atoms with Gasteiger partial charge in [0.1, 0.15) is 0 Å². The number of carbonyl (C=O) groups excluding carboxylic acids is 2. The molecule has 0 aromatic heterocycles. The summed E-state index contributed by atoms with van der Waals surface area (Å²) in [7, 11) is 0. The van der Waals surface area contributed by atoms with Crippen molar-refractivity contribution in [1.82, 2.24) is 4.90 Å². The van der Waals surface area contributed by atoms with Crippen molar-refractivity contribution in [3.8, 4) is 0 Å². The summed E-state index contributed by atoms with van der Waals surface area (Å²) in [5, 5.41) is 19.5. The molecule has 1 saturated heterocycles. The molecule has 1 amide bonds. The van der Waals surface area contributed by atoms with Crippen molar-refractivity contribution in [2.24, 2.45) is 0 Å². The fraction of sp³-hybridized carbons (Fsp3) is 0.714. The van der Waals surface area contributed by atoms with E-state index in [0.29, 0.717) is 13.0 Å². The molecule has 2 unspecified atom stereocenters. The van der Waals surface area contributed by atoms with Gasteiger partial charge < -0.3 is 19.9 Å². The standard InChI is InChI=1S/C7H11NO4.Na/c1-4(9)6(7(11)12)8-3-2-5(8)10;/h4,6,9H,2-3H2,1H3,(H,11,12);/q;+1/p-1. The summed E-state index contributed by atoms with van der Waals surface area (Å²) in [4.78, 5) is 22.4. The maximum atomic E-state index is 10.8. The topological polar surface area (TPSA) is 80.7 Å². The molecule has 1 aliphatic heterocycles. The molecule has 0 bridgehead atoms. The Morgan fingerprint density at radius 2 is 2.23 bits per heavy atom. The predicted octanol–water partition coefficient (Wildman–Crippen LogP) is -5.28. The Kier molecular flexibility index (Phi) is 4.91. The molecule has 1 heterocycles. The van der Waals surface area contributed by atoms with Crippen LogP contribution in [0.5, 0.6) is 0 Å². The predicted molar refractivity (Wildman–Crippen MR) is 36.8 cm³/mol. The summed E-state index contributed by atoms with van der Waals surface area (Å²) in [5.41, 5.74) is 0. The summed E-state index contributed by atoms with van der Waals surface area (Å²) in [6.07, 6.45) is -0.726. The Balaban J connectivity index is 0.00000144. The van der Waals surface area contributed by atoms with Gasteiger partial charge in [0.15, 0.2) is 0 Å². The van der Waals surface area contributed by atoms with Gasteiger partial charge in [0.25, 0.3) is 0 Å². The smallest absolute Gasteiger partial charge is 0.548 e. The van der Waals surface area contributed by atoms with Crippen LogP contribution in [0.1, 0.15) is 13.3 Å². The van der Waals surface area contributed by atoms with Crippen LogP contribution in [0, 0.1) is 0 Å². The first kappa shape index (κ1) is 12.9. The molecular formula is C7H10NNaO4. The number of aliphatic carboxylic acids is 1. The van der Waals surface area contributed by atoms with Crippen molar-refractivity contribution in [3.05, 3.63) is 0 Å². The molecule has 1 fully saturated rings. The van der Waals surface area contributed by atoms with Crippen LogP contribution in [0.4, 0.5) is 0 Å². The molecule has 0 aromatic rings. The molecule has 0 aromatic carbocycles. The van der Waals surface area contributed by atoms with Gasteiger partial charge in [-0.3, -0.25) is 4.79 Å². The van der Waals surface area contributed by atoms with Gasteiger partial charge >= 0.3 is 29.6 Å². The van der Waals surface area contributed by atoms with Crippen LogP contribution in [0.2, 0.25) is 0 Å². The molecule has 5 nitrogen and oxygen atoms in total. The molecule has 0 aliphatic carbocycles. The van der Waals surface area contributed by atoms with Gasteiger partial charge in [-0.2, -0.15) is 0 Å². The normalized spacial score (nSPS) is 19.8. The first-order chi connectivity index (χ1) is 5.54. The van der Waals surface area contributed by atoms with Gasteiger partial charge in [-0.05, 0) is 6.92 Å². The summed E-state index contributed by atoms with van der Waals surface area (Å²) in [5.74, 6) is -1.65. The maximum Gasteiger partial charge on any atom is 1.00 e. The second kappa shape index (κ2) is 4.95. The van der Waals surface area contributed by atoms with E-state index in [4.69, 9.17) is 5.11 Å². The first-order valence-corrected chi connectivity index (χ1v) is 3.72. The van der Waals surface area contributed by atoms with Crippen molar-refractivity contribution in [2.45, 2.75) is 25.5 Å². The van der Waals surface area contributed by atoms with Gasteiger partial charge in [-0.1, -0.05) is 0 Å². The molecule has 6 heteroatoms. The van der Waals surface area contributed by atoms with Gasteiger partial charge in [-0.15, -0.1) is 0 Å². The second-order valence-corrected chi connectivity index (χ2v) is 2.84. The Bertz CT molecular complexity index is 219. The van der Waals surface area contributed by atoms with E-state index < -0.39 is 18.1 Å². The Labute approximate surface area is 98.0 Å². The third-order valence-corrected chi connectivity index (χ3v) is 1.92. The van der Waals surface area contributed by atoms with E-state index in [-0.39, 0.29) is 35.5 Å². The minimum atomic E-state index is -1.40. The molecule has 0 spiro atoms. The minimum Gasteiger partial charge on any atom is -0.548 e. The summed E-state index contributed by atoms with van der Waals surface area (Å²) in [6.45, 7) is 1.72. The summed E-state index contributed by atoms with van der Waals surface area (Å²) >= 11 is 0. The van der Waals surface area contributed by atoms with Crippen molar-refractivity contribution < 1.29 is 49.4 Å². The molecule has 2 atom stereocenters. The van der Waals surface area contributed by atoms with Crippen LogP contribution in [0.25, 0.3) is 0 Å². The number of amides is 1. The van der Waals surface area contributed by atoms with Crippen LogP contribution in [-0.4, -0.2) is 40.6 Å². The molecule has 1 rings (SSSR count). The summed E-state index contributed by atoms with van der Waals surface area (Å²) < 4.78 is 0. The van der Waals surface area contributed by atoms with E-state index in [0.717, 1.165) is 4.90 Å². The number of aliphatic hydroxyl groups is 1. The number of β-lactam (4-membered cyclic amide) rings is 1. The first-order valence-electron chi connectivity index (χ1n) is 3.72. The Hall–Kier alpha value is -0.100. The zero-order chi connectivity index (χ0) is 9.30. The Morgan fingerprint density at radius 1 is 1.69 bits per heavy atom. The van der Waals surface area contributed by atoms with E-state index in [1.165, 1.54) is 6.92 Å². The second-order valence-electron chi connectivity index (χ2n) is 2.84. The molecule has 0 saturated carbocycles. The Morgan fingerprint density at radius 3 is 2.31 bits per heavy atom. The van der Waals surface area contributed by atoms with Crippen molar-refractivity contribution in [1.29, 1.82) is 0 Å². The molecule has 13 heavy (non-hydrogen) atoms. The minimum absolute atomic E-state index is 0. The third-order valence-electron chi connectivity index (χ3n) is 1.92. The van der Waals surface area contributed by atoms with Crippen LogP contribution in [-0.2, 0) is 9.59 Å². The molecule has 1 aliphatic rings.